The largest absolute Gasteiger partial charge is 0.356 e. The van der Waals surface area contributed by atoms with E-state index in [-0.39, 0.29) is 29.9 Å². The fourth-order valence-electron chi connectivity index (χ4n) is 2.19. The van der Waals surface area contributed by atoms with Gasteiger partial charge in [0.2, 0.25) is 0 Å². The molecule has 1 heterocycles. The summed E-state index contributed by atoms with van der Waals surface area (Å²) in [7, 11) is 1.71. The van der Waals surface area contributed by atoms with Crippen LogP contribution in [0.15, 0.2) is 34.8 Å². The topological polar surface area (TPSA) is 78.4 Å². The summed E-state index contributed by atoms with van der Waals surface area (Å²) in [5.74, 6) is 0.596. The third kappa shape index (κ3) is 7.08. The normalized spacial score (nSPS) is 10.8. The van der Waals surface area contributed by atoms with Crippen LogP contribution in [0.1, 0.15) is 20.9 Å². The standard InChI is InChI=1S/C17H22ClN5OS.HI/c1-12-15(25-11-23-12)16(24)20-9-10-22-17(19-2)21-8-7-13-5-3-4-6-14(13)18;/h3-6,11H,7-10H2,1-2H3,(H,20,24)(H2,19,21,22);1H. The second kappa shape index (κ2) is 12.1. The molecule has 0 radical (unpaired) electrons. The Morgan fingerprint density at radius 1 is 1.19 bits per heavy atom. The zero-order valence-corrected chi connectivity index (χ0v) is 18.6. The molecule has 0 saturated heterocycles. The number of aryl methyl sites for hydroxylation is 1. The maximum atomic E-state index is 12.0. The molecule has 0 aliphatic carbocycles. The van der Waals surface area contributed by atoms with E-state index in [1.807, 2.05) is 31.2 Å². The van der Waals surface area contributed by atoms with Gasteiger partial charge in [-0.05, 0) is 25.0 Å². The minimum Gasteiger partial charge on any atom is -0.356 e. The molecule has 0 aliphatic rings. The highest BCUT2D eigenvalue weighted by molar-refractivity contribution is 14.0. The van der Waals surface area contributed by atoms with Gasteiger partial charge in [-0.15, -0.1) is 35.3 Å². The van der Waals surface area contributed by atoms with Gasteiger partial charge in [-0.1, -0.05) is 29.8 Å². The summed E-state index contributed by atoms with van der Waals surface area (Å²) in [4.78, 5) is 20.9. The van der Waals surface area contributed by atoms with E-state index in [0.29, 0.717) is 23.9 Å². The van der Waals surface area contributed by atoms with E-state index in [9.17, 15) is 4.79 Å². The molecular weight excluding hydrogens is 485 g/mol. The number of thiazole rings is 1. The van der Waals surface area contributed by atoms with E-state index >= 15 is 0 Å². The van der Waals surface area contributed by atoms with E-state index in [2.05, 4.69) is 25.9 Å². The predicted molar refractivity (Wildman–Crippen MR) is 119 cm³/mol. The Labute approximate surface area is 179 Å². The molecule has 1 aromatic heterocycles. The Morgan fingerprint density at radius 3 is 2.54 bits per heavy atom. The SMILES string of the molecule is CN=C(NCCNC(=O)c1scnc1C)NCCc1ccccc1Cl.I. The Kier molecular flexibility index (Phi) is 10.5. The van der Waals surface area contributed by atoms with Crippen LogP contribution < -0.4 is 16.0 Å². The van der Waals surface area contributed by atoms with Crippen molar-refractivity contribution in [2.24, 2.45) is 4.99 Å². The Balaban J connectivity index is 0.00000338. The number of nitrogens with one attached hydrogen (secondary N) is 3. The molecule has 0 bridgehead atoms. The first-order valence-electron chi connectivity index (χ1n) is 7.98. The lowest BCUT2D eigenvalue weighted by molar-refractivity contribution is 0.0957. The molecule has 0 atom stereocenters. The van der Waals surface area contributed by atoms with E-state index in [4.69, 9.17) is 11.6 Å². The van der Waals surface area contributed by atoms with E-state index in [0.717, 1.165) is 29.2 Å². The molecule has 0 saturated carbocycles. The lowest BCUT2D eigenvalue weighted by atomic mass is 10.1. The van der Waals surface area contributed by atoms with E-state index in [1.54, 1.807) is 12.6 Å². The van der Waals surface area contributed by atoms with Crippen LogP contribution in [0.25, 0.3) is 0 Å². The summed E-state index contributed by atoms with van der Waals surface area (Å²) in [6.07, 6.45) is 0.807. The molecule has 9 heteroatoms. The molecule has 2 rings (SSSR count). The summed E-state index contributed by atoms with van der Waals surface area (Å²) in [5.41, 5.74) is 3.53. The maximum absolute atomic E-state index is 12.0. The zero-order valence-electron chi connectivity index (χ0n) is 14.7. The van der Waals surface area contributed by atoms with Crippen LogP contribution in [-0.4, -0.2) is 43.5 Å². The molecule has 26 heavy (non-hydrogen) atoms. The van der Waals surface area contributed by atoms with Crippen LogP contribution in [0.3, 0.4) is 0 Å². The van der Waals surface area contributed by atoms with Crippen molar-refractivity contribution in [1.29, 1.82) is 0 Å². The Hall–Kier alpha value is -1.39. The van der Waals surface area contributed by atoms with Crippen LogP contribution in [-0.2, 0) is 6.42 Å². The fraction of sp³-hybridized carbons (Fsp3) is 0.353. The van der Waals surface area contributed by atoms with Crippen molar-refractivity contribution in [1.82, 2.24) is 20.9 Å². The average molecular weight is 508 g/mol. The molecule has 0 spiro atoms. The molecule has 142 valence electrons. The number of rotatable bonds is 7. The first-order chi connectivity index (χ1) is 12.1. The number of benzene rings is 1. The van der Waals surface area contributed by atoms with Crippen molar-refractivity contribution >= 4 is 58.8 Å². The van der Waals surface area contributed by atoms with Gasteiger partial charge in [-0.2, -0.15) is 0 Å². The number of halogens is 2. The number of hydrogen-bond donors (Lipinski definition) is 3. The second-order valence-electron chi connectivity index (χ2n) is 5.29. The van der Waals surface area contributed by atoms with Crippen LogP contribution in [0.2, 0.25) is 5.02 Å². The molecule has 0 unspecified atom stereocenters. The average Bonchev–Trinajstić information content (AvgIpc) is 3.04. The van der Waals surface area contributed by atoms with Crippen molar-refractivity contribution in [3.05, 3.63) is 50.9 Å². The van der Waals surface area contributed by atoms with Crippen molar-refractivity contribution in [2.75, 3.05) is 26.7 Å². The summed E-state index contributed by atoms with van der Waals surface area (Å²) in [5, 5.41) is 10.0. The molecule has 6 nitrogen and oxygen atoms in total. The van der Waals surface area contributed by atoms with Crippen molar-refractivity contribution < 1.29 is 4.79 Å². The van der Waals surface area contributed by atoms with Gasteiger partial charge in [0.05, 0.1) is 11.2 Å². The number of guanidine groups is 1. The number of aromatic nitrogens is 1. The van der Waals surface area contributed by atoms with Crippen molar-refractivity contribution in [3.8, 4) is 0 Å². The third-order valence-corrected chi connectivity index (χ3v) is 4.82. The fourth-order valence-corrected chi connectivity index (χ4v) is 3.14. The Bertz CT molecular complexity index is 737. The predicted octanol–water partition coefficient (Wildman–Crippen LogP) is 2.86. The summed E-state index contributed by atoms with van der Waals surface area (Å²) in [6, 6.07) is 7.79. The van der Waals surface area contributed by atoms with E-state index < -0.39 is 0 Å². The van der Waals surface area contributed by atoms with Gasteiger partial charge in [-0.25, -0.2) is 4.98 Å². The monoisotopic (exact) mass is 507 g/mol. The number of amides is 1. The summed E-state index contributed by atoms with van der Waals surface area (Å²) < 4.78 is 0. The van der Waals surface area contributed by atoms with Gasteiger partial charge < -0.3 is 16.0 Å². The number of carbonyl (C=O) groups excluding carboxylic acids is 1. The highest BCUT2D eigenvalue weighted by atomic mass is 127. The second-order valence-corrected chi connectivity index (χ2v) is 6.55. The van der Waals surface area contributed by atoms with Crippen LogP contribution in [0.4, 0.5) is 0 Å². The van der Waals surface area contributed by atoms with Gasteiger partial charge in [-0.3, -0.25) is 9.79 Å². The zero-order chi connectivity index (χ0) is 18.1. The van der Waals surface area contributed by atoms with E-state index in [1.165, 1.54) is 11.3 Å². The molecule has 2 aromatic rings. The van der Waals surface area contributed by atoms with Gasteiger partial charge in [0.15, 0.2) is 5.96 Å². The molecule has 0 aliphatic heterocycles. The van der Waals surface area contributed by atoms with Gasteiger partial charge in [0.1, 0.15) is 4.88 Å². The summed E-state index contributed by atoms with van der Waals surface area (Å²) in [6.45, 7) is 3.63. The first kappa shape index (κ1) is 22.7. The first-order valence-corrected chi connectivity index (χ1v) is 9.23. The minimum atomic E-state index is -0.0940. The Morgan fingerprint density at radius 2 is 1.88 bits per heavy atom. The van der Waals surface area contributed by atoms with Gasteiger partial charge >= 0.3 is 0 Å². The molecular formula is C17H23ClIN5OS. The minimum absolute atomic E-state index is 0. The molecule has 1 amide bonds. The van der Waals surface area contributed by atoms with Crippen molar-refractivity contribution in [2.45, 2.75) is 13.3 Å². The highest BCUT2D eigenvalue weighted by Crippen LogP contribution is 2.14. The number of nitrogens with zero attached hydrogens (tertiary/aromatic N) is 2. The summed E-state index contributed by atoms with van der Waals surface area (Å²) >= 11 is 7.49. The van der Waals surface area contributed by atoms with Crippen molar-refractivity contribution in [3.63, 3.8) is 0 Å². The highest BCUT2D eigenvalue weighted by Gasteiger charge is 2.10. The third-order valence-electron chi connectivity index (χ3n) is 3.52. The van der Waals surface area contributed by atoms with Gasteiger partial charge in [0.25, 0.3) is 5.91 Å². The number of carbonyl (C=O) groups is 1. The molecule has 3 N–H and O–H groups in total. The number of aliphatic imine (C=N–C) groups is 1. The molecule has 1 aromatic carbocycles. The lowest BCUT2D eigenvalue weighted by Crippen LogP contribution is -2.42. The van der Waals surface area contributed by atoms with Gasteiger partial charge in [0, 0.05) is 31.7 Å². The van der Waals surface area contributed by atoms with Crippen LogP contribution in [0, 0.1) is 6.92 Å². The molecule has 0 fully saturated rings. The van der Waals surface area contributed by atoms with Crippen LogP contribution >= 0.6 is 46.9 Å². The van der Waals surface area contributed by atoms with Crippen LogP contribution in [0.5, 0.6) is 0 Å². The number of hydrogen-bond acceptors (Lipinski definition) is 4. The smallest absolute Gasteiger partial charge is 0.263 e. The maximum Gasteiger partial charge on any atom is 0.263 e. The lowest BCUT2D eigenvalue weighted by Gasteiger charge is -2.12. The quantitative estimate of drug-likeness (QED) is 0.233.